The molecule has 0 heterocycles. The summed E-state index contributed by atoms with van der Waals surface area (Å²) in [4.78, 5) is 0. The van der Waals surface area contributed by atoms with Gasteiger partial charge in [-0.25, -0.2) is 5.73 Å². The van der Waals surface area contributed by atoms with Crippen LogP contribution in [0.25, 0.3) is 0 Å². The molecule has 0 bridgehead atoms. The summed E-state index contributed by atoms with van der Waals surface area (Å²) in [6.07, 6.45) is 9.29. The second-order valence-corrected chi connectivity index (χ2v) is 9.60. The van der Waals surface area contributed by atoms with E-state index in [4.69, 9.17) is 0 Å². The minimum absolute atomic E-state index is 0.175. The molecule has 0 fully saturated rings. The molecule has 2 rings (SSSR count). The van der Waals surface area contributed by atoms with Crippen LogP contribution >= 0.6 is 0 Å². The van der Waals surface area contributed by atoms with Gasteiger partial charge in [0.25, 0.3) is 0 Å². The lowest BCUT2D eigenvalue weighted by atomic mass is 9.75. The third-order valence-corrected chi connectivity index (χ3v) is 5.05. The fraction of sp³-hybridized carbons (Fsp3) is 0.480. The van der Waals surface area contributed by atoms with Crippen LogP contribution in [-0.4, -0.2) is 0 Å². The second-order valence-electron chi connectivity index (χ2n) is 9.60. The first-order chi connectivity index (χ1) is 11.3. The Balaban J connectivity index is 2.51. The molecule has 0 aliphatic heterocycles. The van der Waals surface area contributed by atoms with Crippen molar-refractivity contribution in [2.45, 2.75) is 69.2 Å². The van der Waals surface area contributed by atoms with E-state index >= 15 is 0 Å². The first-order valence-corrected chi connectivity index (χ1v) is 9.31. The summed E-state index contributed by atoms with van der Waals surface area (Å²) in [5, 5.41) is 0. The number of hydrogen-bond donors (Lipinski definition) is 0. The molecule has 0 aromatic heterocycles. The van der Waals surface area contributed by atoms with Gasteiger partial charge in [-0.1, -0.05) is 34.6 Å². The van der Waals surface area contributed by atoms with E-state index in [9.17, 15) is 0 Å². The summed E-state index contributed by atoms with van der Waals surface area (Å²) < 4.78 is 0. The molecule has 0 aromatic rings. The van der Waals surface area contributed by atoms with Crippen LogP contribution in [0.3, 0.4) is 0 Å². The molecule has 0 atom stereocenters. The summed E-state index contributed by atoms with van der Waals surface area (Å²) in [6, 6.07) is 0. The fourth-order valence-corrected chi connectivity index (χ4v) is 3.31. The van der Waals surface area contributed by atoms with Gasteiger partial charge in [-0.2, -0.15) is 0 Å². The van der Waals surface area contributed by atoms with Gasteiger partial charge in [0.1, 0.15) is 0 Å². The lowest BCUT2D eigenvalue weighted by Gasteiger charge is -2.34. The molecule has 134 valence electrons. The molecule has 0 amide bonds. The number of hydrogen-bond acceptors (Lipinski definition) is 0. The highest BCUT2D eigenvalue weighted by Crippen LogP contribution is 2.40. The zero-order valence-electron chi connectivity index (χ0n) is 17.8. The second kappa shape index (κ2) is 6.50. The van der Waals surface area contributed by atoms with Crippen molar-refractivity contribution in [1.29, 1.82) is 0 Å². The molecule has 0 radical (unpaired) electrons. The van der Waals surface area contributed by atoms with E-state index in [1.165, 1.54) is 45.3 Å². The van der Waals surface area contributed by atoms with Crippen molar-refractivity contribution in [2.75, 3.05) is 0 Å². The van der Waals surface area contributed by atoms with Gasteiger partial charge >= 0.3 is 0 Å². The Morgan fingerprint density at radius 3 is 1.84 bits per heavy atom. The van der Waals surface area contributed by atoms with Crippen molar-refractivity contribution in [3.63, 3.8) is 0 Å². The van der Waals surface area contributed by atoms with Crippen molar-refractivity contribution in [3.8, 4) is 0 Å². The third kappa shape index (κ3) is 4.25. The summed E-state index contributed by atoms with van der Waals surface area (Å²) in [5.74, 6) is 2.62. The van der Waals surface area contributed by atoms with Crippen molar-refractivity contribution in [2.24, 2.45) is 10.8 Å². The third-order valence-electron chi connectivity index (χ3n) is 5.05. The Morgan fingerprint density at radius 1 is 0.880 bits per heavy atom. The zero-order valence-corrected chi connectivity index (χ0v) is 17.8. The Labute approximate surface area is 155 Å². The Bertz CT molecular complexity index is 677. The van der Waals surface area contributed by atoms with Crippen LogP contribution in [0.1, 0.15) is 69.2 Å². The first-order valence-electron chi connectivity index (χ1n) is 9.31. The summed E-state index contributed by atoms with van der Waals surface area (Å²) in [6.45, 7) is 22.5. The van der Waals surface area contributed by atoms with E-state index in [0.717, 1.165) is 0 Å². The fourth-order valence-electron chi connectivity index (χ4n) is 3.31. The van der Waals surface area contributed by atoms with Crippen molar-refractivity contribution >= 4 is 0 Å². The molecule has 2 aliphatic carbocycles. The van der Waals surface area contributed by atoms with Crippen molar-refractivity contribution in [3.05, 3.63) is 75.3 Å². The van der Waals surface area contributed by atoms with Gasteiger partial charge in [0.05, 0.1) is 5.57 Å². The van der Waals surface area contributed by atoms with Crippen molar-refractivity contribution in [1.82, 2.24) is 0 Å². The van der Waals surface area contributed by atoms with Crippen LogP contribution in [0.15, 0.2) is 63.5 Å². The molecular formula is C25H34. The summed E-state index contributed by atoms with van der Waals surface area (Å²) >= 11 is 0. The molecule has 2 aliphatic rings. The molecule has 0 spiro atoms. The Hall–Kier alpha value is -1.78. The van der Waals surface area contributed by atoms with Crippen LogP contribution in [0.2, 0.25) is 0 Å². The number of rotatable bonds is 0. The maximum Gasteiger partial charge on any atom is 0.0547 e. The van der Waals surface area contributed by atoms with Gasteiger partial charge in [0.2, 0.25) is 0 Å². The standard InChI is InChI=1S/C25H34/c1-16-11-20(24(5,6)7)12-17(2)22(16)15-23-18(3)13-21(14-19(23)4)25(8,9)10/h11-14H,1-10H3. The monoisotopic (exact) mass is 334 g/mol. The average Bonchev–Trinajstić information content (AvgIpc) is 2.42. The Morgan fingerprint density at radius 2 is 1.40 bits per heavy atom. The largest absolute Gasteiger partial charge is 0.205 e. The van der Waals surface area contributed by atoms with Crippen LogP contribution in [0, 0.1) is 22.7 Å². The van der Waals surface area contributed by atoms with Crippen LogP contribution in [0.4, 0.5) is 0 Å². The maximum atomic E-state index is 3.73. The molecule has 0 unspecified atom stereocenters. The van der Waals surface area contributed by atoms with Gasteiger partial charge < -0.3 is 0 Å². The van der Waals surface area contributed by atoms with E-state index in [1.54, 1.807) is 0 Å². The van der Waals surface area contributed by atoms with E-state index in [-0.39, 0.29) is 10.8 Å². The topological polar surface area (TPSA) is 0 Å². The molecule has 0 heteroatoms. The quantitative estimate of drug-likeness (QED) is 0.318. The predicted molar refractivity (Wildman–Crippen MR) is 111 cm³/mol. The van der Waals surface area contributed by atoms with E-state index in [2.05, 4.69) is 99.3 Å². The molecule has 25 heavy (non-hydrogen) atoms. The molecule has 0 nitrogen and oxygen atoms in total. The smallest absolute Gasteiger partial charge is 0.0547 e. The van der Waals surface area contributed by atoms with Gasteiger partial charge in [-0.15, -0.1) is 34.8 Å². The zero-order chi connectivity index (χ0) is 19.2. The Kier molecular flexibility index (Phi) is 5.08. The minimum atomic E-state index is 0.175. The lowest BCUT2D eigenvalue weighted by molar-refractivity contribution is 0.514. The summed E-state index contributed by atoms with van der Waals surface area (Å²) in [5.41, 5.74) is 12.0. The molecule has 0 saturated carbocycles. The SMILES string of the molecule is CC1=CC(C(C)(C)C)=C[C+](C)C1=C=C1C(C)=CC(C(C)(C)C)=C[C-]1C. The van der Waals surface area contributed by atoms with Crippen LogP contribution < -0.4 is 0 Å². The normalized spacial score (nSPS) is 19.3. The molecule has 0 saturated heterocycles. The van der Waals surface area contributed by atoms with E-state index in [1.807, 2.05) is 0 Å². The van der Waals surface area contributed by atoms with E-state index in [0.29, 0.717) is 0 Å². The highest BCUT2D eigenvalue weighted by Gasteiger charge is 2.27. The molecule has 0 N–H and O–H groups in total. The van der Waals surface area contributed by atoms with Gasteiger partial charge in [0.15, 0.2) is 0 Å². The van der Waals surface area contributed by atoms with Crippen LogP contribution in [-0.2, 0) is 0 Å². The maximum absolute atomic E-state index is 3.73. The van der Waals surface area contributed by atoms with Crippen molar-refractivity contribution < 1.29 is 0 Å². The lowest BCUT2D eigenvalue weighted by Crippen LogP contribution is -2.14. The first kappa shape index (κ1) is 19.5. The average molecular weight is 335 g/mol. The van der Waals surface area contributed by atoms with Crippen LogP contribution in [0.5, 0.6) is 0 Å². The predicted octanol–water partition coefficient (Wildman–Crippen LogP) is 7.49. The summed E-state index contributed by atoms with van der Waals surface area (Å²) in [7, 11) is 0. The van der Waals surface area contributed by atoms with Gasteiger partial charge in [0, 0.05) is 34.6 Å². The highest BCUT2D eigenvalue weighted by atomic mass is 14.3. The van der Waals surface area contributed by atoms with Gasteiger partial charge in [-0.3, -0.25) is 0 Å². The molecule has 0 aromatic carbocycles. The number of allylic oxidation sites excluding steroid dienone is 9. The molecular weight excluding hydrogens is 300 g/mol. The minimum Gasteiger partial charge on any atom is -0.205 e. The highest BCUT2D eigenvalue weighted by molar-refractivity contribution is 5.60. The van der Waals surface area contributed by atoms with Gasteiger partial charge in [-0.05, 0) is 40.0 Å². The van der Waals surface area contributed by atoms with E-state index < -0.39 is 0 Å².